The fraction of sp³-hybridized carbons (Fsp3) is 0.360. The minimum absolute atomic E-state index is 0.124. The third-order valence-electron chi connectivity index (χ3n) is 4.56. The average Bonchev–Trinajstić information content (AvgIpc) is 2.74. The van der Waals surface area contributed by atoms with Crippen molar-refractivity contribution in [2.75, 3.05) is 26.4 Å². The van der Waals surface area contributed by atoms with Gasteiger partial charge in [-0.1, -0.05) is 50.3 Å². The second kappa shape index (κ2) is 11.8. The van der Waals surface area contributed by atoms with Crippen LogP contribution in [-0.4, -0.2) is 26.4 Å². The number of ether oxygens (including phenoxy) is 4. The average molecular weight is 397 g/mol. The molecule has 0 aliphatic heterocycles. The van der Waals surface area contributed by atoms with Crippen molar-refractivity contribution in [2.45, 2.75) is 33.1 Å². The van der Waals surface area contributed by atoms with Crippen molar-refractivity contribution < 1.29 is 18.9 Å². The lowest BCUT2D eigenvalue weighted by molar-refractivity contribution is 0.178. The van der Waals surface area contributed by atoms with Crippen molar-refractivity contribution >= 4 is 0 Å². The van der Waals surface area contributed by atoms with Crippen molar-refractivity contribution in [3.63, 3.8) is 0 Å². The Balaban J connectivity index is 1.91. The lowest BCUT2D eigenvalue weighted by atomic mass is 9.78. The molecule has 0 aliphatic rings. The summed E-state index contributed by atoms with van der Waals surface area (Å²) in [5.41, 5.74) is 2.33. The van der Waals surface area contributed by atoms with Gasteiger partial charge in [0.25, 0.3) is 0 Å². The molecule has 2 rings (SSSR count). The molecule has 2 aromatic rings. The minimum Gasteiger partial charge on any atom is -0.498 e. The molecular formula is C25H32O4. The van der Waals surface area contributed by atoms with E-state index < -0.39 is 0 Å². The van der Waals surface area contributed by atoms with Crippen LogP contribution >= 0.6 is 0 Å². The van der Waals surface area contributed by atoms with Crippen LogP contribution in [0.25, 0.3) is 0 Å². The summed E-state index contributed by atoms with van der Waals surface area (Å²) >= 11 is 0. The summed E-state index contributed by atoms with van der Waals surface area (Å²) in [6, 6.07) is 16.5. The molecule has 0 bridgehead atoms. The van der Waals surface area contributed by atoms with Gasteiger partial charge in [0.05, 0.1) is 12.5 Å². The first-order valence-electron chi connectivity index (χ1n) is 10.00. The van der Waals surface area contributed by atoms with Gasteiger partial charge in [0, 0.05) is 5.41 Å². The van der Waals surface area contributed by atoms with E-state index in [2.05, 4.69) is 38.1 Å². The highest BCUT2D eigenvalue weighted by Crippen LogP contribution is 2.33. The van der Waals surface area contributed by atoms with Crippen LogP contribution in [0.5, 0.6) is 11.5 Å². The van der Waals surface area contributed by atoms with Crippen LogP contribution in [0.3, 0.4) is 0 Å². The SMILES string of the molecule is CC=COCCOc1ccc(C(C)(C)c2ccc(OCCOC=CC)cc2)cc1. The summed E-state index contributed by atoms with van der Waals surface area (Å²) in [7, 11) is 0. The molecule has 2 aromatic carbocycles. The number of hydrogen-bond donors (Lipinski definition) is 0. The van der Waals surface area contributed by atoms with Crippen LogP contribution in [-0.2, 0) is 14.9 Å². The molecular weight excluding hydrogens is 364 g/mol. The Morgan fingerprint density at radius 1 is 0.621 bits per heavy atom. The van der Waals surface area contributed by atoms with Crippen LogP contribution in [0.15, 0.2) is 73.2 Å². The molecule has 4 heteroatoms. The van der Waals surface area contributed by atoms with Crippen molar-refractivity contribution in [2.24, 2.45) is 0 Å². The Morgan fingerprint density at radius 2 is 1.00 bits per heavy atom. The van der Waals surface area contributed by atoms with Gasteiger partial charge >= 0.3 is 0 Å². The van der Waals surface area contributed by atoms with E-state index in [4.69, 9.17) is 18.9 Å². The Bertz CT molecular complexity index is 693. The molecule has 0 heterocycles. The van der Waals surface area contributed by atoms with E-state index in [1.165, 1.54) is 11.1 Å². The Kier molecular flexibility index (Phi) is 9.16. The van der Waals surface area contributed by atoms with Gasteiger partial charge in [0.2, 0.25) is 0 Å². The molecule has 29 heavy (non-hydrogen) atoms. The molecule has 0 aliphatic carbocycles. The number of rotatable bonds is 12. The first kappa shape index (κ1) is 22.4. The van der Waals surface area contributed by atoms with Gasteiger partial charge < -0.3 is 18.9 Å². The zero-order valence-electron chi connectivity index (χ0n) is 17.9. The number of hydrogen-bond acceptors (Lipinski definition) is 4. The summed E-state index contributed by atoms with van der Waals surface area (Å²) in [4.78, 5) is 0. The van der Waals surface area contributed by atoms with E-state index in [9.17, 15) is 0 Å². The van der Waals surface area contributed by atoms with Crippen LogP contribution < -0.4 is 9.47 Å². The van der Waals surface area contributed by atoms with E-state index in [-0.39, 0.29) is 5.41 Å². The summed E-state index contributed by atoms with van der Waals surface area (Å²) in [6.45, 7) is 10.4. The monoisotopic (exact) mass is 396 g/mol. The largest absolute Gasteiger partial charge is 0.498 e. The van der Waals surface area contributed by atoms with E-state index in [1.54, 1.807) is 12.5 Å². The second-order valence-electron chi connectivity index (χ2n) is 7.05. The van der Waals surface area contributed by atoms with Gasteiger partial charge in [-0.05, 0) is 49.2 Å². The van der Waals surface area contributed by atoms with Gasteiger partial charge in [0.1, 0.15) is 37.9 Å². The maximum atomic E-state index is 5.71. The van der Waals surface area contributed by atoms with Gasteiger partial charge in [-0.3, -0.25) is 0 Å². The molecule has 0 saturated carbocycles. The molecule has 0 amide bonds. The fourth-order valence-corrected chi connectivity index (χ4v) is 2.85. The highest BCUT2D eigenvalue weighted by molar-refractivity contribution is 5.41. The predicted molar refractivity (Wildman–Crippen MR) is 118 cm³/mol. The summed E-state index contributed by atoms with van der Waals surface area (Å²) in [5.74, 6) is 1.69. The molecule has 0 unspecified atom stereocenters. The lowest BCUT2D eigenvalue weighted by Crippen LogP contribution is -2.18. The molecule has 156 valence electrons. The summed E-state index contributed by atoms with van der Waals surface area (Å²) in [6.07, 6.45) is 7.05. The minimum atomic E-state index is -0.124. The Labute approximate surface area is 174 Å². The van der Waals surface area contributed by atoms with Crippen LogP contribution in [0.2, 0.25) is 0 Å². The van der Waals surface area contributed by atoms with E-state index in [0.29, 0.717) is 26.4 Å². The fourth-order valence-electron chi connectivity index (χ4n) is 2.85. The Morgan fingerprint density at radius 3 is 1.34 bits per heavy atom. The third-order valence-corrected chi connectivity index (χ3v) is 4.56. The quantitative estimate of drug-likeness (QED) is 0.332. The van der Waals surface area contributed by atoms with Crippen molar-refractivity contribution in [1.29, 1.82) is 0 Å². The smallest absolute Gasteiger partial charge is 0.122 e. The van der Waals surface area contributed by atoms with E-state index in [1.807, 2.05) is 50.3 Å². The third kappa shape index (κ3) is 7.22. The zero-order chi connectivity index (χ0) is 21.0. The van der Waals surface area contributed by atoms with Gasteiger partial charge in [0.15, 0.2) is 0 Å². The molecule has 0 spiro atoms. The van der Waals surface area contributed by atoms with Gasteiger partial charge in [-0.2, -0.15) is 0 Å². The second-order valence-corrected chi connectivity index (χ2v) is 7.05. The van der Waals surface area contributed by atoms with Crippen LogP contribution in [0, 0.1) is 0 Å². The number of allylic oxidation sites excluding steroid dienone is 2. The molecule has 0 N–H and O–H groups in total. The predicted octanol–water partition coefficient (Wildman–Crippen LogP) is 5.87. The standard InChI is InChI=1S/C25H32O4/c1-5-15-26-17-19-28-23-11-7-21(8-12-23)25(3,4)22-9-13-24(14-10-22)29-20-18-27-16-6-2/h5-16H,17-20H2,1-4H3. The lowest BCUT2D eigenvalue weighted by Gasteiger charge is -2.26. The highest BCUT2D eigenvalue weighted by atomic mass is 16.5. The topological polar surface area (TPSA) is 36.9 Å². The van der Waals surface area contributed by atoms with Crippen LogP contribution in [0.4, 0.5) is 0 Å². The normalized spacial score (nSPS) is 11.7. The first-order valence-corrected chi connectivity index (χ1v) is 10.00. The molecule has 0 saturated heterocycles. The molecule has 4 nitrogen and oxygen atoms in total. The van der Waals surface area contributed by atoms with E-state index >= 15 is 0 Å². The van der Waals surface area contributed by atoms with Crippen molar-refractivity contribution in [3.8, 4) is 11.5 Å². The summed E-state index contributed by atoms with van der Waals surface area (Å²) in [5, 5.41) is 0. The van der Waals surface area contributed by atoms with Crippen molar-refractivity contribution in [3.05, 3.63) is 84.3 Å². The van der Waals surface area contributed by atoms with Gasteiger partial charge in [-0.25, -0.2) is 0 Å². The Hall–Kier alpha value is -2.88. The first-order chi connectivity index (χ1) is 14.1. The van der Waals surface area contributed by atoms with Crippen molar-refractivity contribution in [1.82, 2.24) is 0 Å². The maximum Gasteiger partial charge on any atom is 0.122 e. The molecule has 0 atom stereocenters. The van der Waals surface area contributed by atoms with Crippen LogP contribution in [0.1, 0.15) is 38.8 Å². The molecule has 0 radical (unpaired) electrons. The molecule has 0 fully saturated rings. The number of benzene rings is 2. The highest BCUT2D eigenvalue weighted by Gasteiger charge is 2.23. The summed E-state index contributed by atoms with van der Waals surface area (Å²) < 4.78 is 22.0. The van der Waals surface area contributed by atoms with Gasteiger partial charge in [-0.15, -0.1) is 0 Å². The maximum absolute atomic E-state index is 5.71. The zero-order valence-corrected chi connectivity index (χ0v) is 17.9. The van der Waals surface area contributed by atoms with E-state index in [0.717, 1.165) is 11.5 Å². The molecule has 0 aromatic heterocycles.